The quantitative estimate of drug-likeness (QED) is 0.668. The van der Waals surface area contributed by atoms with Gasteiger partial charge in [0.2, 0.25) is 0 Å². The van der Waals surface area contributed by atoms with Crippen molar-refractivity contribution in [2.45, 2.75) is 19.6 Å². The van der Waals surface area contributed by atoms with E-state index in [9.17, 15) is 9.18 Å². The molecule has 0 radical (unpaired) electrons. The Balaban J connectivity index is 1.82. The first kappa shape index (κ1) is 16.3. The third-order valence-corrected chi connectivity index (χ3v) is 4.30. The van der Waals surface area contributed by atoms with E-state index >= 15 is 0 Å². The molecule has 2 aromatic heterocycles. The van der Waals surface area contributed by atoms with Crippen LogP contribution in [0.3, 0.4) is 0 Å². The monoisotopic (exact) mass is 355 g/mol. The number of aromatic nitrogens is 3. The number of rotatable bonds is 0. The zero-order chi connectivity index (χ0) is 18.3. The van der Waals surface area contributed by atoms with E-state index < -0.39 is 0 Å². The average molecular weight is 355 g/mol. The molecule has 0 saturated heterocycles. The summed E-state index contributed by atoms with van der Waals surface area (Å²) in [5.74, 6) is 0.645. The number of fused-ring (bicyclic) bond motifs is 2. The van der Waals surface area contributed by atoms with Crippen molar-refractivity contribution >= 4 is 17.4 Å². The summed E-state index contributed by atoms with van der Waals surface area (Å²) in [7, 11) is 1.85. The molecule has 0 aliphatic carbocycles. The molecule has 0 saturated carbocycles. The minimum Gasteiger partial charge on any atom is -0.489 e. The van der Waals surface area contributed by atoms with Gasteiger partial charge < -0.3 is 15.0 Å². The summed E-state index contributed by atoms with van der Waals surface area (Å²) >= 11 is 0. The maximum atomic E-state index is 13.8. The van der Waals surface area contributed by atoms with Crippen LogP contribution in [0.1, 0.15) is 22.8 Å². The van der Waals surface area contributed by atoms with E-state index in [0.29, 0.717) is 41.4 Å². The second-order valence-corrected chi connectivity index (χ2v) is 6.36. The molecule has 1 amide bonds. The normalized spacial score (nSPS) is 17.7. The molecule has 0 fully saturated rings. The van der Waals surface area contributed by atoms with Crippen molar-refractivity contribution in [3.8, 4) is 5.75 Å². The number of carbonyl (C=O) groups is 1. The van der Waals surface area contributed by atoms with Crippen molar-refractivity contribution in [1.82, 2.24) is 19.9 Å². The van der Waals surface area contributed by atoms with Gasteiger partial charge in [0.1, 0.15) is 29.1 Å². The van der Waals surface area contributed by atoms with Crippen LogP contribution in [0.25, 0.3) is 5.65 Å². The molecule has 1 aliphatic heterocycles. The maximum absolute atomic E-state index is 13.8. The Morgan fingerprint density at radius 1 is 1.35 bits per heavy atom. The highest BCUT2D eigenvalue weighted by molar-refractivity contribution is 5.99. The Kier molecular flexibility index (Phi) is 3.95. The van der Waals surface area contributed by atoms with Crippen molar-refractivity contribution in [2.24, 2.45) is 0 Å². The van der Waals surface area contributed by atoms with Crippen LogP contribution in [0, 0.1) is 5.82 Å². The van der Waals surface area contributed by atoms with Crippen LogP contribution in [0.5, 0.6) is 5.75 Å². The van der Waals surface area contributed by atoms with E-state index in [4.69, 9.17) is 4.74 Å². The van der Waals surface area contributed by atoms with Gasteiger partial charge in [-0.25, -0.2) is 13.9 Å². The van der Waals surface area contributed by atoms with Gasteiger partial charge in [-0.15, -0.1) is 0 Å². The number of nitrogens with zero attached hydrogens (tertiary/aromatic N) is 4. The van der Waals surface area contributed by atoms with Gasteiger partial charge in [-0.1, -0.05) is 0 Å². The lowest BCUT2D eigenvalue weighted by Crippen LogP contribution is -2.33. The fraction of sp³-hybridized carbons (Fsp3) is 0.278. The summed E-state index contributed by atoms with van der Waals surface area (Å²) in [5.41, 5.74) is 1.58. The Morgan fingerprint density at radius 3 is 3.04 bits per heavy atom. The van der Waals surface area contributed by atoms with Gasteiger partial charge in [0.25, 0.3) is 5.91 Å². The predicted molar refractivity (Wildman–Crippen MR) is 93.9 cm³/mol. The third-order valence-electron chi connectivity index (χ3n) is 4.30. The van der Waals surface area contributed by atoms with Crippen LogP contribution in [-0.4, -0.2) is 40.2 Å². The van der Waals surface area contributed by atoms with Gasteiger partial charge >= 0.3 is 0 Å². The number of halogens is 1. The second kappa shape index (κ2) is 6.29. The molecular formula is C18H18FN5O2. The lowest BCUT2D eigenvalue weighted by molar-refractivity contribution is 0.0933. The van der Waals surface area contributed by atoms with E-state index in [0.717, 1.165) is 0 Å². The topological polar surface area (TPSA) is 71.8 Å². The van der Waals surface area contributed by atoms with Crippen LogP contribution in [-0.2, 0) is 6.54 Å². The van der Waals surface area contributed by atoms with Gasteiger partial charge in [-0.2, -0.15) is 5.10 Å². The number of anilines is 1. The molecule has 3 aromatic rings. The zero-order valence-corrected chi connectivity index (χ0v) is 14.4. The van der Waals surface area contributed by atoms with E-state index in [1.54, 1.807) is 22.8 Å². The standard InChI is InChI=1S/C18H18FN5O2/c1-11-8-20-18(25)14-9-21-24-6-5-16(22-17(14)24)23(2)10-12-7-13(19)3-4-15(12)26-11/h3-7,9,11H,8,10H2,1-2H3,(H,20,25). The Bertz CT molecular complexity index is 987. The fourth-order valence-electron chi connectivity index (χ4n) is 2.95. The number of carbonyl (C=O) groups excluding carboxylic acids is 1. The Morgan fingerprint density at radius 2 is 2.19 bits per heavy atom. The molecule has 1 aliphatic rings. The van der Waals surface area contributed by atoms with Gasteiger partial charge in [0.05, 0.1) is 12.7 Å². The Hall–Kier alpha value is -3.16. The van der Waals surface area contributed by atoms with E-state index in [1.807, 2.05) is 18.9 Å². The third kappa shape index (κ3) is 2.94. The molecule has 7 nitrogen and oxygen atoms in total. The molecule has 1 N–H and O–H groups in total. The summed E-state index contributed by atoms with van der Waals surface area (Å²) in [6.07, 6.45) is 2.96. The van der Waals surface area contributed by atoms with Gasteiger partial charge in [-0.05, 0) is 31.2 Å². The molecule has 134 valence electrons. The first-order chi connectivity index (χ1) is 12.5. The number of nitrogens with one attached hydrogen (secondary N) is 1. The number of hydrogen-bond acceptors (Lipinski definition) is 5. The van der Waals surface area contributed by atoms with Crippen LogP contribution >= 0.6 is 0 Å². The minimum atomic E-state index is -0.326. The molecule has 0 spiro atoms. The SMILES string of the molecule is CC1CNC(=O)c2cnn3ccc(nc23)N(C)Cc2cc(F)ccc2O1. The summed E-state index contributed by atoms with van der Waals surface area (Å²) in [4.78, 5) is 18.9. The minimum absolute atomic E-state index is 0.263. The lowest BCUT2D eigenvalue weighted by atomic mass is 10.1. The number of benzene rings is 1. The predicted octanol–water partition coefficient (Wildman–Crippen LogP) is 2.02. The molecule has 1 atom stereocenters. The lowest BCUT2D eigenvalue weighted by Gasteiger charge is -2.22. The first-order valence-corrected chi connectivity index (χ1v) is 8.30. The van der Waals surface area contributed by atoms with Crippen molar-refractivity contribution < 1.29 is 13.9 Å². The van der Waals surface area contributed by atoms with E-state index in [-0.39, 0.29) is 17.8 Å². The second-order valence-electron chi connectivity index (χ2n) is 6.36. The summed E-state index contributed by atoms with van der Waals surface area (Å²) in [6.45, 7) is 2.57. The van der Waals surface area contributed by atoms with Gasteiger partial charge in [-0.3, -0.25) is 4.79 Å². The van der Waals surface area contributed by atoms with Crippen LogP contribution < -0.4 is 15.0 Å². The van der Waals surface area contributed by atoms with Crippen LogP contribution in [0.2, 0.25) is 0 Å². The Labute approximate surface area is 149 Å². The van der Waals surface area contributed by atoms with Crippen LogP contribution in [0.15, 0.2) is 36.7 Å². The van der Waals surface area contributed by atoms with E-state index in [1.165, 1.54) is 18.3 Å². The number of amides is 1. The largest absolute Gasteiger partial charge is 0.489 e. The smallest absolute Gasteiger partial charge is 0.256 e. The van der Waals surface area contributed by atoms with Crippen molar-refractivity contribution in [1.29, 1.82) is 0 Å². The molecule has 2 bridgehead atoms. The van der Waals surface area contributed by atoms with E-state index in [2.05, 4.69) is 15.4 Å². The molecule has 8 heteroatoms. The summed E-state index contributed by atoms with van der Waals surface area (Å²) < 4.78 is 21.2. The molecule has 1 unspecified atom stereocenters. The number of hydrogen-bond donors (Lipinski definition) is 1. The van der Waals surface area contributed by atoms with Crippen LogP contribution in [0.4, 0.5) is 10.2 Å². The summed E-state index contributed by atoms with van der Waals surface area (Å²) in [5, 5.41) is 7.00. The molecule has 26 heavy (non-hydrogen) atoms. The summed E-state index contributed by atoms with van der Waals surface area (Å²) in [6, 6.07) is 6.23. The maximum Gasteiger partial charge on any atom is 0.256 e. The first-order valence-electron chi connectivity index (χ1n) is 8.30. The molecule has 1 aromatic carbocycles. The fourth-order valence-corrected chi connectivity index (χ4v) is 2.95. The average Bonchev–Trinajstić information content (AvgIpc) is 3.04. The highest BCUT2D eigenvalue weighted by Crippen LogP contribution is 2.25. The highest BCUT2D eigenvalue weighted by atomic mass is 19.1. The van der Waals surface area contributed by atoms with Crippen molar-refractivity contribution in [2.75, 3.05) is 18.5 Å². The molecule has 4 rings (SSSR count). The highest BCUT2D eigenvalue weighted by Gasteiger charge is 2.19. The van der Waals surface area contributed by atoms with Gasteiger partial charge in [0, 0.05) is 25.4 Å². The van der Waals surface area contributed by atoms with Crippen molar-refractivity contribution in [3.05, 3.63) is 53.6 Å². The van der Waals surface area contributed by atoms with Crippen molar-refractivity contribution in [3.63, 3.8) is 0 Å². The number of ether oxygens (including phenoxy) is 1. The molecular weight excluding hydrogens is 337 g/mol. The molecule has 3 heterocycles. The van der Waals surface area contributed by atoms with Gasteiger partial charge in [0.15, 0.2) is 5.65 Å². The zero-order valence-electron chi connectivity index (χ0n) is 14.4.